The topological polar surface area (TPSA) is 943 Å². The number of amides is 5. The summed E-state index contributed by atoms with van der Waals surface area (Å²) in [7, 11) is 0. The molecule has 11 fully saturated rings. The van der Waals surface area contributed by atoms with Crippen LogP contribution in [-0.2, 0) is 128 Å². The zero-order chi connectivity index (χ0) is 101. The van der Waals surface area contributed by atoms with Crippen molar-refractivity contribution >= 4 is 35.5 Å². The number of hydrogen-bond donors (Lipinski definition) is 34. The number of hydrogen-bond acceptors (Lipinski definition) is 55. The fourth-order valence-corrected chi connectivity index (χ4v) is 17.6. The van der Waals surface area contributed by atoms with E-state index in [0.29, 0.717) is 0 Å². The van der Waals surface area contributed by atoms with Gasteiger partial charge in [0.2, 0.25) is 29.5 Å². The van der Waals surface area contributed by atoms with Crippen LogP contribution in [0.1, 0.15) is 41.5 Å². The highest BCUT2D eigenvalue weighted by molar-refractivity contribution is 5.75. The third-order valence-electron chi connectivity index (χ3n) is 24.9. The molecule has 11 saturated heterocycles. The number of aliphatic hydroxyl groups is 28. The van der Waals surface area contributed by atoms with Crippen LogP contribution in [0.2, 0.25) is 0 Å². The number of carboxylic acids is 1. The monoisotopic (exact) mass is 2000 g/mol. The number of carbonyl (C=O) groups excluding carboxylic acids is 5. The zero-order valence-corrected chi connectivity index (χ0v) is 73.6. The number of carbonyl (C=O) groups is 6. The van der Waals surface area contributed by atoms with Crippen LogP contribution < -0.4 is 26.6 Å². The van der Waals surface area contributed by atoms with Crippen molar-refractivity contribution in [2.45, 2.75) is 379 Å². The molecule has 5 amide bonds. The molecule has 0 aromatic rings. The maximum Gasteiger partial charge on any atom is 0.335 e. The van der Waals surface area contributed by atoms with E-state index in [4.69, 9.17) is 99.5 Å². The normalized spacial score (nSPS) is 48.9. The lowest BCUT2D eigenvalue weighted by atomic mass is 9.93. The summed E-state index contributed by atoms with van der Waals surface area (Å²) in [4.78, 5) is 77.5. The Kier molecular flexibility index (Phi) is 39.9. The lowest BCUT2D eigenvalue weighted by molar-refractivity contribution is -0.409. The van der Waals surface area contributed by atoms with E-state index in [-0.39, 0.29) is 0 Å². The number of nitrogens with one attached hydrogen (secondary N) is 5. The summed E-state index contributed by atoms with van der Waals surface area (Å²) in [5, 5.41) is 339. The molecule has 0 spiro atoms. The van der Waals surface area contributed by atoms with Crippen LogP contribution in [0.4, 0.5) is 0 Å². The predicted octanol–water partition coefficient (Wildman–Crippen LogP) is -23.1. The van der Waals surface area contributed by atoms with E-state index in [1.165, 1.54) is 6.92 Å². The average Bonchev–Trinajstić information content (AvgIpc) is 0.737. The molecule has 11 aliphatic rings. The molecule has 61 nitrogen and oxygen atoms in total. The lowest BCUT2D eigenvalue weighted by Gasteiger charge is -2.52. The van der Waals surface area contributed by atoms with Crippen molar-refractivity contribution in [1.82, 2.24) is 26.6 Å². The SMILES string of the molecule is CC(=O)N[C@@H]1[C@H](O[C@H]2[C@H](O[C@H]3O[C@H](CO)[C@@H](O)[C@H](O)[C@@H]3O[C@H]3O[C@H](CO)[C@@H](O[C@H]4O[C@H](CO)[C@H](O)[C@H](O[C@@H]5O[C@H](C(=O)O)[C@@H](O)[C@H](O)[C@H]5O)[C@H]4O)[C@H](O)[C@H]3NC(C)=O)[C@H](O)[C@@H](O[C@H]3[C@H](O)[C@@H](NC(C)=O)[C@@H](O[C@H]4[C@H](O)[C@@H](NC(C)=O)[C@@H](O)O[C@@H]4CO[C@H]4O[C@H](C)[C@H](O)[C@H](O)[C@H]4O)O[C@@H]3CO)O[C@@H]2CO[C@H]2O[C@H](CO)[C@@H](O)[C@H](O)[C@@H]2O[C@@H]2O[C@H](CO)[C@@H](O)[C@H](O)[C@H]2NC(C)=O)O[C@H](CO)[C@@H](O)[C@@H]1O. The fourth-order valence-electron chi connectivity index (χ4n) is 17.6. The van der Waals surface area contributed by atoms with Crippen LogP contribution in [0.15, 0.2) is 0 Å². The summed E-state index contributed by atoms with van der Waals surface area (Å²) in [6.45, 7) is -5.15. The van der Waals surface area contributed by atoms with E-state index in [1.54, 1.807) is 0 Å². The number of ether oxygens (including phenoxy) is 21. The Morgan fingerprint density at radius 3 is 0.942 bits per heavy atom. The second-order valence-corrected chi connectivity index (χ2v) is 34.6. The molecular weight excluding hydrogens is 1880 g/mol. The van der Waals surface area contributed by atoms with Gasteiger partial charge >= 0.3 is 5.97 Å². The van der Waals surface area contributed by atoms with Gasteiger partial charge in [-0.25, -0.2) is 4.79 Å². The molecule has 0 bridgehead atoms. The molecule has 0 aliphatic carbocycles. The molecule has 0 radical (unpaired) electrons. The molecule has 11 rings (SSSR count). The minimum absolute atomic E-state index is 0.845. The molecule has 55 atom stereocenters. The first-order valence-electron chi connectivity index (χ1n) is 43.5. The molecule has 11 aliphatic heterocycles. The standard InChI is InChI=1S/C76H125N5O56/c1-16-36(94)47(105)52(110)71(119-16)117-14-29-58(44(102)31(66(116)120-29)77-17(2)89)129-69-34(80-20(5)92)45(103)57(27(12-87)126-69)131-74-55(113)61(59(132-67-32(78-18(3)90)42(100)37(95)22(7-82)121-67)30(128-74)15-118-75-63(49(107)39(97)24(9-84)124-75)136-68-33(79-19(4)91)43(101)38(96)23(8-83)122-68)134-76-64(50(108)40(98)25(10-85)125-76)137-70-35(81-21(6)93)46(104)56(28(13-88)127-70)130-73-54(112)60(41(99)26(11-86)123-73)133-72-53(111)48(106)51(109)62(135-72)65(114)115/h16,22-64,66-76,82-88,94-113,116H,7-15H2,1-6H3,(H,77,89)(H,78,90)(H,79,91)(H,80,92)(H,81,93)(H,114,115)/t16-,22-,23-,24-,25-,26-,27-,28-,29-,30-,31-,32+,33-,34-,35-,36+,37-,38-,39-,40-,41+,42-,43-,44-,45-,46-,47+,48+,49+,50+,51+,52-,53-,54-,55+,56-,57-,58-,59-,60+,61-,62+,63+,64+,66+,67+,68+,69-,70-,71+,72-,73-,74-,75+,76-/m1/s1. The summed E-state index contributed by atoms with van der Waals surface area (Å²) >= 11 is 0. The van der Waals surface area contributed by atoms with E-state index < -0.39 is 432 Å². The third kappa shape index (κ3) is 25.0. The molecular formula is C76H125N5O56. The Labute approximate surface area is 774 Å². The molecule has 11 heterocycles. The smallest absolute Gasteiger partial charge is 0.335 e. The highest BCUT2D eigenvalue weighted by atomic mass is 16.8. The molecule has 34 N–H and O–H groups in total. The number of aliphatic carboxylic acids is 1. The molecule has 0 unspecified atom stereocenters. The highest BCUT2D eigenvalue weighted by Crippen LogP contribution is 2.43. The van der Waals surface area contributed by atoms with Gasteiger partial charge in [0.15, 0.2) is 75.3 Å². The Hall–Kier alpha value is -5.14. The summed E-state index contributed by atoms with van der Waals surface area (Å²) in [6, 6.07) is -10.1. The van der Waals surface area contributed by atoms with Crippen LogP contribution in [0, 0.1) is 0 Å². The summed E-state index contributed by atoms with van der Waals surface area (Å²) in [5.41, 5.74) is 0. The summed E-state index contributed by atoms with van der Waals surface area (Å²) in [5.74, 6) is -6.88. The van der Waals surface area contributed by atoms with Gasteiger partial charge in [-0.05, 0) is 6.92 Å². The summed E-state index contributed by atoms with van der Waals surface area (Å²) in [6.07, 6.45) is -111. The zero-order valence-electron chi connectivity index (χ0n) is 73.6. The van der Waals surface area contributed by atoms with E-state index in [1.807, 2.05) is 0 Å². The largest absolute Gasteiger partial charge is 0.479 e. The Balaban J connectivity index is 1.00. The minimum atomic E-state index is -2.84. The van der Waals surface area contributed by atoms with Crippen molar-refractivity contribution in [3.8, 4) is 0 Å². The Morgan fingerprint density at radius 1 is 0.226 bits per heavy atom. The molecule has 61 heteroatoms. The van der Waals surface area contributed by atoms with Crippen molar-refractivity contribution in [1.29, 1.82) is 0 Å². The molecule has 0 aromatic carbocycles. The van der Waals surface area contributed by atoms with Gasteiger partial charge in [0.05, 0.1) is 65.6 Å². The fraction of sp³-hybridized carbons (Fsp3) is 0.921. The number of aliphatic hydroxyl groups excluding tert-OH is 28. The summed E-state index contributed by atoms with van der Waals surface area (Å²) < 4.78 is 127. The van der Waals surface area contributed by atoms with Crippen LogP contribution in [0.5, 0.6) is 0 Å². The molecule has 137 heavy (non-hydrogen) atoms. The van der Waals surface area contributed by atoms with Crippen LogP contribution >= 0.6 is 0 Å². The highest BCUT2D eigenvalue weighted by Gasteiger charge is 2.64. The van der Waals surface area contributed by atoms with Gasteiger partial charge in [0.1, 0.15) is 256 Å². The quantitative estimate of drug-likeness (QED) is 0.0280. The first-order valence-corrected chi connectivity index (χ1v) is 43.5. The Bertz CT molecular complexity index is 3860. The Morgan fingerprint density at radius 2 is 0.511 bits per heavy atom. The van der Waals surface area contributed by atoms with Crippen LogP contribution in [0.3, 0.4) is 0 Å². The van der Waals surface area contributed by atoms with Gasteiger partial charge in [-0.3, -0.25) is 24.0 Å². The maximum absolute atomic E-state index is 13.5. The van der Waals surface area contributed by atoms with E-state index >= 15 is 0 Å². The van der Waals surface area contributed by atoms with Gasteiger partial charge < -0.3 is 274 Å². The van der Waals surface area contributed by atoms with E-state index in [0.717, 1.165) is 34.6 Å². The van der Waals surface area contributed by atoms with Crippen LogP contribution in [0.25, 0.3) is 0 Å². The van der Waals surface area contributed by atoms with E-state index in [2.05, 4.69) is 26.6 Å². The van der Waals surface area contributed by atoms with Gasteiger partial charge in [0.25, 0.3) is 0 Å². The van der Waals surface area contributed by atoms with Crippen LogP contribution in [-0.4, -0.2) is 581 Å². The lowest BCUT2D eigenvalue weighted by Crippen LogP contribution is -2.72. The molecule has 790 valence electrons. The van der Waals surface area contributed by atoms with Gasteiger partial charge in [-0.15, -0.1) is 0 Å². The van der Waals surface area contributed by atoms with Crippen molar-refractivity contribution < 1.29 is 276 Å². The second kappa shape index (κ2) is 48.7. The van der Waals surface area contributed by atoms with Gasteiger partial charge in [0, 0.05) is 34.6 Å². The van der Waals surface area contributed by atoms with Gasteiger partial charge in [-0.2, -0.15) is 0 Å². The van der Waals surface area contributed by atoms with Crippen molar-refractivity contribution in [2.24, 2.45) is 0 Å². The van der Waals surface area contributed by atoms with Crippen molar-refractivity contribution in [3.05, 3.63) is 0 Å². The molecule has 0 saturated carbocycles. The maximum atomic E-state index is 13.5. The van der Waals surface area contributed by atoms with E-state index in [9.17, 15) is 177 Å². The van der Waals surface area contributed by atoms with Crippen molar-refractivity contribution in [2.75, 3.05) is 59.5 Å². The van der Waals surface area contributed by atoms with Crippen molar-refractivity contribution in [3.63, 3.8) is 0 Å². The second-order valence-electron chi connectivity index (χ2n) is 34.6. The first kappa shape index (κ1) is 112. The minimum Gasteiger partial charge on any atom is -0.479 e. The third-order valence-corrected chi connectivity index (χ3v) is 24.9. The van der Waals surface area contributed by atoms with Gasteiger partial charge in [-0.1, -0.05) is 0 Å². The average molecular weight is 2000 g/mol. The number of carboxylic acid groups (broad SMARTS) is 1. The predicted molar refractivity (Wildman–Crippen MR) is 419 cm³/mol. The first-order chi connectivity index (χ1) is 64.7. The molecule has 0 aromatic heterocycles. The number of rotatable bonds is 35.